The SMILES string of the molecule is CCS(=O)(=O)N1CCC(C(=O)Nc2nc(C(F)(F)F)cs2)CC1. The van der Waals surface area contributed by atoms with Gasteiger partial charge in [-0.1, -0.05) is 0 Å². The van der Waals surface area contributed by atoms with Crippen LogP contribution in [0.4, 0.5) is 18.3 Å². The van der Waals surface area contributed by atoms with Crippen LogP contribution in [0.3, 0.4) is 0 Å². The van der Waals surface area contributed by atoms with E-state index in [1.54, 1.807) is 6.92 Å². The molecule has 0 spiro atoms. The second-order valence-corrected chi connectivity index (χ2v) is 8.21. The maximum absolute atomic E-state index is 12.5. The van der Waals surface area contributed by atoms with Crippen molar-refractivity contribution in [3.8, 4) is 0 Å². The third-order valence-corrected chi connectivity index (χ3v) is 6.25. The first-order valence-corrected chi connectivity index (χ1v) is 9.43. The predicted octanol–water partition coefficient (Wildman–Crippen LogP) is 2.16. The van der Waals surface area contributed by atoms with Gasteiger partial charge in [0, 0.05) is 24.4 Å². The first-order valence-electron chi connectivity index (χ1n) is 6.95. The van der Waals surface area contributed by atoms with E-state index in [0.29, 0.717) is 24.2 Å². The molecule has 1 saturated heterocycles. The average molecular weight is 371 g/mol. The van der Waals surface area contributed by atoms with Crippen LogP contribution in [0.2, 0.25) is 0 Å². The third-order valence-electron chi connectivity index (χ3n) is 3.61. The van der Waals surface area contributed by atoms with E-state index in [0.717, 1.165) is 5.38 Å². The van der Waals surface area contributed by atoms with Crippen LogP contribution < -0.4 is 5.32 Å². The van der Waals surface area contributed by atoms with Crippen molar-refractivity contribution in [2.45, 2.75) is 25.9 Å². The number of carbonyl (C=O) groups is 1. The van der Waals surface area contributed by atoms with E-state index >= 15 is 0 Å². The monoisotopic (exact) mass is 371 g/mol. The minimum atomic E-state index is -4.54. The molecule has 1 aromatic rings. The largest absolute Gasteiger partial charge is 0.434 e. The van der Waals surface area contributed by atoms with E-state index < -0.39 is 33.7 Å². The molecule has 0 bridgehead atoms. The van der Waals surface area contributed by atoms with Crippen molar-refractivity contribution >= 4 is 32.4 Å². The normalized spacial score (nSPS) is 18.1. The number of halogens is 3. The summed E-state index contributed by atoms with van der Waals surface area (Å²) in [6.45, 7) is 2.02. The molecule has 0 aromatic carbocycles. The van der Waals surface area contributed by atoms with Gasteiger partial charge in [-0.25, -0.2) is 17.7 Å². The van der Waals surface area contributed by atoms with Crippen LogP contribution in [0.15, 0.2) is 5.38 Å². The number of alkyl halides is 3. The fourth-order valence-electron chi connectivity index (χ4n) is 2.25. The molecule has 2 rings (SSSR count). The van der Waals surface area contributed by atoms with E-state index in [2.05, 4.69) is 10.3 Å². The zero-order valence-corrected chi connectivity index (χ0v) is 13.9. The highest BCUT2D eigenvalue weighted by Crippen LogP contribution is 2.32. The maximum Gasteiger partial charge on any atom is 0.434 e. The number of nitrogens with one attached hydrogen (secondary N) is 1. The van der Waals surface area contributed by atoms with Crippen molar-refractivity contribution in [1.29, 1.82) is 0 Å². The molecule has 1 N–H and O–H groups in total. The van der Waals surface area contributed by atoms with E-state index in [9.17, 15) is 26.4 Å². The molecular weight excluding hydrogens is 355 g/mol. The Kier molecular flexibility index (Phi) is 5.31. The van der Waals surface area contributed by atoms with Crippen LogP contribution in [0.5, 0.6) is 0 Å². The topological polar surface area (TPSA) is 79.4 Å². The minimum absolute atomic E-state index is 0.00317. The second-order valence-electron chi connectivity index (χ2n) is 5.10. The highest BCUT2D eigenvalue weighted by Gasteiger charge is 2.34. The highest BCUT2D eigenvalue weighted by molar-refractivity contribution is 7.89. The number of hydrogen-bond donors (Lipinski definition) is 1. The number of amides is 1. The molecule has 1 aliphatic heterocycles. The quantitative estimate of drug-likeness (QED) is 0.880. The fraction of sp³-hybridized carbons (Fsp3) is 0.667. The Hall–Kier alpha value is -1.20. The van der Waals surface area contributed by atoms with Crippen LogP contribution in [0.25, 0.3) is 0 Å². The van der Waals surface area contributed by atoms with Crippen molar-refractivity contribution < 1.29 is 26.4 Å². The Morgan fingerprint density at radius 1 is 1.43 bits per heavy atom. The number of sulfonamides is 1. The molecule has 1 aromatic heterocycles. The molecule has 1 amide bonds. The maximum atomic E-state index is 12.5. The molecular formula is C12H16F3N3O3S2. The van der Waals surface area contributed by atoms with Crippen LogP contribution in [-0.2, 0) is 21.0 Å². The van der Waals surface area contributed by atoms with Crippen molar-refractivity contribution in [3.63, 3.8) is 0 Å². The predicted molar refractivity (Wildman–Crippen MR) is 79.5 cm³/mol. The zero-order valence-electron chi connectivity index (χ0n) is 12.3. The molecule has 0 unspecified atom stereocenters. The number of anilines is 1. The molecule has 0 aliphatic carbocycles. The van der Waals surface area contributed by atoms with Crippen LogP contribution in [-0.4, -0.2) is 42.5 Å². The summed E-state index contributed by atoms with van der Waals surface area (Å²) in [6, 6.07) is 0. The van der Waals surface area contributed by atoms with Gasteiger partial charge in [0.05, 0.1) is 5.75 Å². The summed E-state index contributed by atoms with van der Waals surface area (Å²) in [6.07, 6.45) is -3.87. The molecule has 0 saturated carbocycles. The summed E-state index contributed by atoms with van der Waals surface area (Å²) < 4.78 is 62.1. The van der Waals surface area contributed by atoms with Crippen LogP contribution in [0.1, 0.15) is 25.5 Å². The van der Waals surface area contributed by atoms with Gasteiger partial charge >= 0.3 is 6.18 Å². The van der Waals surface area contributed by atoms with Gasteiger partial charge in [0.2, 0.25) is 15.9 Å². The molecule has 1 fully saturated rings. The smallest absolute Gasteiger partial charge is 0.302 e. The van der Waals surface area contributed by atoms with Gasteiger partial charge in [0.1, 0.15) is 0 Å². The van der Waals surface area contributed by atoms with E-state index in [-0.39, 0.29) is 24.0 Å². The van der Waals surface area contributed by atoms with Gasteiger partial charge in [0.25, 0.3) is 0 Å². The number of nitrogens with zero attached hydrogens (tertiary/aromatic N) is 2. The van der Waals surface area contributed by atoms with Crippen LogP contribution >= 0.6 is 11.3 Å². The van der Waals surface area contributed by atoms with Gasteiger partial charge in [-0.15, -0.1) is 11.3 Å². The lowest BCUT2D eigenvalue weighted by atomic mass is 9.97. The van der Waals surface area contributed by atoms with E-state index in [4.69, 9.17) is 0 Å². The Morgan fingerprint density at radius 2 is 2.04 bits per heavy atom. The fourth-order valence-corrected chi connectivity index (χ4v) is 4.10. The Bertz CT molecular complexity index is 665. The van der Waals surface area contributed by atoms with Gasteiger partial charge < -0.3 is 5.32 Å². The van der Waals surface area contributed by atoms with Crippen molar-refractivity contribution in [2.24, 2.45) is 5.92 Å². The Labute approximate surface area is 135 Å². The summed E-state index contributed by atoms with van der Waals surface area (Å²) in [7, 11) is -3.28. The third kappa shape index (κ3) is 4.42. The van der Waals surface area contributed by atoms with Crippen LogP contribution in [0, 0.1) is 5.92 Å². The van der Waals surface area contributed by atoms with E-state index in [1.165, 1.54) is 4.31 Å². The lowest BCUT2D eigenvalue weighted by Crippen LogP contribution is -2.42. The average Bonchev–Trinajstić information content (AvgIpc) is 2.96. The lowest BCUT2D eigenvalue weighted by Gasteiger charge is -2.30. The summed E-state index contributed by atoms with van der Waals surface area (Å²) >= 11 is 0.708. The summed E-state index contributed by atoms with van der Waals surface area (Å²) in [4.78, 5) is 15.4. The van der Waals surface area contributed by atoms with E-state index in [1.807, 2.05) is 0 Å². The molecule has 2 heterocycles. The summed E-state index contributed by atoms with van der Waals surface area (Å²) in [5.74, 6) is -0.860. The molecule has 23 heavy (non-hydrogen) atoms. The molecule has 130 valence electrons. The summed E-state index contributed by atoms with van der Waals surface area (Å²) in [5.41, 5.74) is -1.04. The molecule has 0 radical (unpaired) electrons. The lowest BCUT2D eigenvalue weighted by molar-refractivity contribution is -0.140. The number of thiazole rings is 1. The van der Waals surface area contributed by atoms with Gasteiger partial charge in [-0.2, -0.15) is 13.2 Å². The van der Waals surface area contributed by atoms with Gasteiger partial charge in [-0.3, -0.25) is 4.79 Å². The van der Waals surface area contributed by atoms with Crippen molar-refractivity contribution in [3.05, 3.63) is 11.1 Å². The molecule has 0 atom stereocenters. The Balaban J connectivity index is 1.92. The Morgan fingerprint density at radius 3 is 2.52 bits per heavy atom. The number of hydrogen-bond acceptors (Lipinski definition) is 5. The number of aromatic nitrogens is 1. The minimum Gasteiger partial charge on any atom is -0.302 e. The van der Waals surface area contributed by atoms with Gasteiger partial charge in [0.15, 0.2) is 10.8 Å². The zero-order chi connectivity index (χ0) is 17.3. The van der Waals surface area contributed by atoms with Crippen molar-refractivity contribution in [1.82, 2.24) is 9.29 Å². The number of piperidine rings is 1. The summed E-state index contributed by atoms with van der Waals surface area (Å²) in [5, 5.41) is 3.11. The number of rotatable bonds is 4. The second kappa shape index (κ2) is 6.73. The highest BCUT2D eigenvalue weighted by atomic mass is 32.2. The number of carbonyl (C=O) groups excluding carboxylic acids is 1. The molecule has 1 aliphatic rings. The molecule has 6 nitrogen and oxygen atoms in total. The molecule has 11 heteroatoms. The standard InChI is InChI=1S/C12H16F3N3O3S2/c1-2-23(20,21)18-5-3-8(4-6-18)10(19)17-11-16-9(7-22-11)12(13,14)15/h7-8H,2-6H2,1H3,(H,16,17,19). The van der Waals surface area contributed by atoms with Gasteiger partial charge in [-0.05, 0) is 19.8 Å². The first kappa shape index (κ1) is 18.1. The first-order chi connectivity index (χ1) is 10.6. The van der Waals surface area contributed by atoms with Crippen molar-refractivity contribution in [2.75, 3.05) is 24.2 Å².